The minimum atomic E-state index is -0.741. The average molecular weight is 230 g/mol. The molecule has 0 aromatic carbocycles. The van der Waals surface area contributed by atoms with Crippen LogP contribution in [0.5, 0.6) is 0 Å². The molecule has 1 atom stereocenters. The van der Waals surface area contributed by atoms with Crippen LogP contribution >= 0.6 is 0 Å². The van der Waals surface area contributed by atoms with E-state index in [9.17, 15) is 5.11 Å². The second-order valence-electron chi connectivity index (χ2n) is 5.55. The van der Waals surface area contributed by atoms with Crippen molar-refractivity contribution < 1.29 is 14.9 Å². The van der Waals surface area contributed by atoms with Crippen molar-refractivity contribution in [2.75, 3.05) is 13.2 Å². The molecular formula is C13H26O3. The van der Waals surface area contributed by atoms with Crippen molar-refractivity contribution in [1.82, 2.24) is 0 Å². The molecule has 0 heterocycles. The fourth-order valence-corrected chi connectivity index (χ4v) is 2.45. The van der Waals surface area contributed by atoms with Crippen molar-refractivity contribution in [3.63, 3.8) is 0 Å². The highest BCUT2D eigenvalue weighted by molar-refractivity contribution is 4.89. The molecular weight excluding hydrogens is 204 g/mol. The highest BCUT2D eigenvalue weighted by Gasteiger charge is 2.38. The summed E-state index contributed by atoms with van der Waals surface area (Å²) in [5.41, 5.74) is -0.0807. The third-order valence-corrected chi connectivity index (χ3v) is 3.95. The van der Waals surface area contributed by atoms with E-state index in [1.165, 1.54) is 12.8 Å². The molecule has 0 spiro atoms. The van der Waals surface area contributed by atoms with Crippen LogP contribution in [0.25, 0.3) is 0 Å². The van der Waals surface area contributed by atoms with Gasteiger partial charge in [-0.2, -0.15) is 0 Å². The third kappa shape index (κ3) is 3.44. The van der Waals surface area contributed by atoms with Crippen LogP contribution in [0.1, 0.15) is 46.5 Å². The van der Waals surface area contributed by atoms with Crippen molar-refractivity contribution >= 4 is 0 Å². The van der Waals surface area contributed by atoms with Crippen molar-refractivity contribution in [3.8, 4) is 0 Å². The number of hydrogen-bond donors (Lipinski definition) is 2. The first-order valence-corrected chi connectivity index (χ1v) is 6.43. The van der Waals surface area contributed by atoms with Gasteiger partial charge >= 0.3 is 0 Å². The number of aliphatic hydroxyl groups excluding tert-OH is 2. The van der Waals surface area contributed by atoms with E-state index < -0.39 is 6.10 Å². The van der Waals surface area contributed by atoms with Crippen molar-refractivity contribution in [1.29, 1.82) is 0 Å². The van der Waals surface area contributed by atoms with Gasteiger partial charge in [-0.3, -0.25) is 0 Å². The maximum Gasteiger partial charge on any atom is 0.100 e. The highest BCUT2D eigenvalue weighted by Crippen LogP contribution is 2.39. The molecule has 1 aliphatic carbocycles. The second-order valence-corrected chi connectivity index (χ2v) is 5.55. The largest absolute Gasteiger partial charge is 0.394 e. The zero-order chi connectivity index (χ0) is 12.2. The molecule has 3 nitrogen and oxygen atoms in total. The van der Waals surface area contributed by atoms with Gasteiger partial charge in [0.2, 0.25) is 0 Å². The number of hydrogen-bond acceptors (Lipinski definition) is 3. The lowest BCUT2D eigenvalue weighted by atomic mass is 9.73. The maximum atomic E-state index is 9.36. The molecule has 0 radical (unpaired) electrons. The first kappa shape index (κ1) is 13.9. The quantitative estimate of drug-likeness (QED) is 0.759. The van der Waals surface area contributed by atoms with Gasteiger partial charge in [0, 0.05) is 0 Å². The van der Waals surface area contributed by atoms with Gasteiger partial charge in [-0.1, -0.05) is 20.8 Å². The van der Waals surface area contributed by atoms with Crippen LogP contribution in [0.3, 0.4) is 0 Å². The molecule has 1 rings (SSSR count). The van der Waals surface area contributed by atoms with Gasteiger partial charge in [-0.05, 0) is 37.5 Å². The second kappa shape index (κ2) is 5.99. The summed E-state index contributed by atoms with van der Waals surface area (Å²) in [4.78, 5) is 0. The molecule has 0 amide bonds. The van der Waals surface area contributed by atoms with Crippen LogP contribution in [0.4, 0.5) is 0 Å². The van der Waals surface area contributed by atoms with E-state index in [1.54, 1.807) is 0 Å². The van der Waals surface area contributed by atoms with Crippen molar-refractivity contribution in [3.05, 3.63) is 0 Å². The summed E-state index contributed by atoms with van der Waals surface area (Å²) in [6, 6.07) is 0. The van der Waals surface area contributed by atoms with Crippen LogP contribution in [0, 0.1) is 11.8 Å². The maximum absolute atomic E-state index is 9.36. The van der Waals surface area contributed by atoms with Gasteiger partial charge in [0.15, 0.2) is 0 Å². The third-order valence-electron chi connectivity index (χ3n) is 3.95. The van der Waals surface area contributed by atoms with E-state index in [-0.39, 0.29) is 18.8 Å². The van der Waals surface area contributed by atoms with E-state index in [1.807, 2.05) is 0 Å². The summed E-state index contributed by atoms with van der Waals surface area (Å²) in [6.07, 6.45) is 3.81. The van der Waals surface area contributed by atoms with Gasteiger partial charge in [0.25, 0.3) is 0 Å². The lowest BCUT2D eigenvalue weighted by molar-refractivity contribution is -0.134. The first-order valence-electron chi connectivity index (χ1n) is 6.43. The fraction of sp³-hybridized carbons (Fsp3) is 1.00. The van der Waals surface area contributed by atoms with Gasteiger partial charge in [-0.25, -0.2) is 0 Å². The number of ether oxygens (including phenoxy) is 1. The molecule has 3 heteroatoms. The van der Waals surface area contributed by atoms with Gasteiger partial charge in [0.05, 0.1) is 18.8 Å². The van der Waals surface area contributed by atoms with E-state index in [2.05, 4.69) is 20.8 Å². The smallest absolute Gasteiger partial charge is 0.100 e. The summed E-state index contributed by atoms with van der Waals surface area (Å²) in [5.74, 6) is 1.25. The number of rotatable bonds is 5. The lowest BCUT2D eigenvalue weighted by Crippen LogP contribution is -2.43. The molecule has 2 N–H and O–H groups in total. The van der Waals surface area contributed by atoms with E-state index in [4.69, 9.17) is 9.84 Å². The van der Waals surface area contributed by atoms with Crippen molar-refractivity contribution in [2.45, 2.75) is 58.2 Å². The molecule has 16 heavy (non-hydrogen) atoms. The molecule has 1 fully saturated rings. The van der Waals surface area contributed by atoms with Gasteiger partial charge in [0.1, 0.15) is 6.10 Å². The molecule has 0 aliphatic heterocycles. The first-order chi connectivity index (χ1) is 7.50. The Kier molecular flexibility index (Phi) is 5.22. The Hall–Kier alpha value is -0.120. The van der Waals surface area contributed by atoms with Crippen LogP contribution in [0.2, 0.25) is 0 Å². The summed E-state index contributed by atoms with van der Waals surface area (Å²) in [7, 11) is 0. The Balaban J connectivity index is 2.53. The molecule has 0 bridgehead atoms. The Labute approximate surface area is 98.8 Å². The average Bonchev–Trinajstić information content (AvgIpc) is 2.28. The zero-order valence-corrected chi connectivity index (χ0v) is 10.8. The highest BCUT2D eigenvalue weighted by atomic mass is 16.5. The minimum absolute atomic E-state index is 0.0807. The molecule has 1 unspecified atom stereocenters. The fourth-order valence-electron chi connectivity index (χ4n) is 2.45. The predicted octanol–water partition coefficient (Wildman–Crippen LogP) is 1.96. The van der Waals surface area contributed by atoms with E-state index in [0.29, 0.717) is 5.92 Å². The molecule has 1 saturated carbocycles. The molecule has 96 valence electrons. The van der Waals surface area contributed by atoms with E-state index in [0.717, 1.165) is 18.8 Å². The molecule has 0 saturated heterocycles. The zero-order valence-electron chi connectivity index (χ0n) is 10.8. The summed E-state index contributed by atoms with van der Waals surface area (Å²) in [6.45, 7) is 6.68. The Bertz CT molecular complexity index is 195. The van der Waals surface area contributed by atoms with Crippen LogP contribution in [0.15, 0.2) is 0 Å². The minimum Gasteiger partial charge on any atom is -0.394 e. The Morgan fingerprint density at radius 2 is 1.88 bits per heavy atom. The monoisotopic (exact) mass is 230 g/mol. The standard InChI is InChI=1S/C13H26O3/c1-10(2)13(16-9-12(15)8-14)6-4-11(3)5-7-13/h10-12,14-15H,4-9H2,1-3H3. The predicted molar refractivity (Wildman–Crippen MR) is 64.2 cm³/mol. The van der Waals surface area contributed by atoms with Crippen LogP contribution in [-0.4, -0.2) is 35.1 Å². The molecule has 0 aromatic heterocycles. The normalized spacial score (nSPS) is 33.0. The lowest BCUT2D eigenvalue weighted by Gasteiger charge is -2.43. The summed E-state index contributed by atoms with van der Waals surface area (Å²) in [5, 5.41) is 18.2. The van der Waals surface area contributed by atoms with E-state index >= 15 is 0 Å². The Morgan fingerprint density at radius 3 is 2.31 bits per heavy atom. The van der Waals surface area contributed by atoms with Crippen molar-refractivity contribution in [2.24, 2.45) is 11.8 Å². The van der Waals surface area contributed by atoms with Crippen LogP contribution < -0.4 is 0 Å². The Morgan fingerprint density at radius 1 is 1.31 bits per heavy atom. The SMILES string of the molecule is CC1CCC(OCC(O)CO)(C(C)C)CC1. The summed E-state index contributed by atoms with van der Waals surface area (Å²) >= 11 is 0. The van der Waals surface area contributed by atoms with Crippen LogP contribution in [-0.2, 0) is 4.74 Å². The topological polar surface area (TPSA) is 49.7 Å². The molecule has 0 aromatic rings. The summed E-state index contributed by atoms with van der Waals surface area (Å²) < 4.78 is 5.92. The van der Waals surface area contributed by atoms with Gasteiger partial charge < -0.3 is 14.9 Å². The number of aliphatic hydroxyl groups is 2. The van der Waals surface area contributed by atoms with Gasteiger partial charge in [-0.15, -0.1) is 0 Å². The molecule has 1 aliphatic rings.